The molecule has 3 rings (SSSR count). The number of nitrogens with zero attached hydrogens (tertiary/aromatic N) is 1. The van der Waals surface area contributed by atoms with Crippen LogP contribution in [-0.2, 0) is 0 Å². The van der Waals surface area contributed by atoms with E-state index >= 15 is 0 Å². The quantitative estimate of drug-likeness (QED) is 0.590. The van der Waals surface area contributed by atoms with Crippen LogP contribution in [0, 0.1) is 0 Å². The molecule has 0 unspecified atom stereocenters. The monoisotopic (exact) mass is 298 g/mol. The van der Waals surface area contributed by atoms with E-state index in [9.17, 15) is 0 Å². The molecule has 84 valence electrons. The van der Waals surface area contributed by atoms with Crippen molar-refractivity contribution >= 4 is 33.5 Å². The second kappa shape index (κ2) is 4.07. The highest BCUT2D eigenvalue weighted by Gasteiger charge is 2.26. The third-order valence-corrected chi connectivity index (χ3v) is 4.26. The van der Waals surface area contributed by atoms with Crippen LogP contribution < -0.4 is 10.6 Å². The highest BCUT2D eigenvalue weighted by Crippen LogP contribution is 2.43. The summed E-state index contributed by atoms with van der Waals surface area (Å²) in [6.07, 6.45) is 0.944. The normalized spacial score (nSPS) is 20.1. The molecule has 16 heavy (non-hydrogen) atoms. The Morgan fingerprint density at radius 1 is 1.44 bits per heavy atom. The van der Waals surface area contributed by atoms with Crippen molar-refractivity contribution in [1.29, 1.82) is 0 Å². The van der Waals surface area contributed by atoms with Crippen LogP contribution in [0.5, 0.6) is 5.75 Å². The number of halogens is 1. The summed E-state index contributed by atoms with van der Waals surface area (Å²) in [7, 11) is 0. The number of rotatable bonds is 0. The maximum absolute atomic E-state index is 5.84. The zero-order chi connectivity index (χ0) is 11.1. The first kappa shape index (κ1) is 10.7. The fraction of sp³-hybridized carbons (Fsp3) is 0.273. The molecule has 0 amide bonds. The molecule has 3 nitrogen and oxygen atoms in total. The van der Waals surface area contributed by atoms with Gasteiger partial charge in [0.1, 0.15) is 5.75 Å². The van der Waals surface area contributed by atoms with E-state index in [0.29, 0.717) is 0 Å². The van der Waals surface area contributed by atoms with E-state index in [0.717, 1.165) is 29.8 Å². The second-order valence-electron chi connectivity index (χ2n) is 3.81. The van der Waals surface area contributed by atoms with Crippen molar-refractivity contribution < 1.29 is 4.74 Å². The first-order valence-electron chi connectivity index (χ1n) is 5.09. The number of hydrogen-bond donors (Lipinski definition) is 1. The molecule has 0 saturated heterocycles. The molecular weight excluding hydrogens is 288 g/mol. The second-order valence-corrected chi connectivity index (χ2v) is 5.87. The van der Waals surface area contributed by atoms with Crippen LogP contribution in [0.15, 0.2) is 27.6 Å². The lowest BCUT2D eigenvalue weighted by atomic mass is 10.0. The molecule has 0 radical (unpaired) electrons. The fourth-order valence-corrected chi connectivity index (χ4v) is 3.30. The first-order valence-corrected chi connectivity index (χ1v) is 6.65. The van der Waals surface area contributed by atoms with Gasteiger partial charge in [-0.25, -0.2) is 0 Å². The number of nitrogens with two attached hydrogens (primary N) is 1. The van der Waals surface area contributed by atoms with Gasteiger partial charge in [-0.2, -0.15) is 4.41 Å². The molecule has 0 spiro atoms. The van der Waals surface area contributed by atoms with Crippen molar-refractivity contribution in [1.82, 2.24) is 4.41 Å². The van der Waals surface area contributed by atoms with E-state index in [1.54, 1.807) is 16.4 Å². The first-order chi connectivity index (χ1) is 7.74. The Labute approximate surface area is 107 Å². The van der Waals surface area contributed by atoms with Crippen molar-refractivity contribution in [3.05, 3.63) is 33.1 Å². The van der Waals surface area contributed by atoms with E-state index in [2.05, 4.69) is 22.0 Å². The van der Waals surface area contributed by atoms with Gasteiger partial charge in [-0.1, -0.05) is 15.9 Å². The average molecular weight is 299 g/mol. The van der Waals surface area contributed by atoms with Gasteiger partial charge < -0.3 is 4.74 Å². The van der Waals surface area contributed by atoms with E-state index in [1.807, 2.05) is 12.1 Å². The molecule has 0 fully saturated rings. The SMILES string of the molecule is NN1CC2=C(CCOc3cc(Br)ccc32)S1. The topological polar surface area (TPSA) is 38.5 Å². The molecule has 0 atom stereocenters. The fourth-order valence-electron chi connectivity index (χ4n) is 2.02. The van der Waals surface area contributed by atoms with Crippen LogP contribution in [0.2, 0.25) is 0 Å². The Morgan fingerprint density at radius 2 is 2.31 bits per heavy atom. The van der Waals surface area contributed by atoms with Crippen molar-refractivity contribution in [3.8, 4) is 5.75 Å². The Balaban J connectivity index is 2.11. The van der Waals surface area contributed by atoms with Crippen LogP contribution in [0.25, 0.3) is 5.57 Å². The van der Waals surface area contributed by atoms with Crippen molar-refractivity contribution in [2.45, 2.75) is 6.42 Å². The van der Waals surface area contributed by atoms with Gasteiger partial charge in [0.2, 0.25) is 0 Å². The van der Waals surface area contributed by atoms with Crippen molar-refractivity contribution in [3.63, 3.8) is 0 Å². The number of benzene rings is 1. The molecule has 0 aromatic heterocycles. The van der Waals surface area contributed by atoms with E-state index < -0.39 is 0 Å². The molecule has 0 saturated carbocycles. The molecule has 0 bridgehead atoms. The number of ether oxygens (including phenoxy) is 1. The Bertz CT molecular complexity index is 475. The zero-order valence-electron chi connectivity index (χ0n) is 8.57. The molecule has 1 aromatic carbocycles. The molecule has 2 aliphatic rings. The lowest BCUT2D eigenvalue weighted by Gasteiger charge is -2.11. The molecule has 2 heterocycles. The molecule has 2 aliphatic heterocycles. The van der Waals surface area contributed by atoms with Crippen LogP contribution in [0.3, 0.4) is 0 Å². The van der Waals surface area contributed by atoms with Crippen LogP contribution in [0.1, 0.15) is 12.0 Å². The number of fused-ring (bicyclic) bond motifs is 2. The van der Waals surface area contributed by atoms with Gasteiger partial charge in [0.25, 0.3) is 0 Å². The van der Waals surface area contributed by atoms with E-state index in [4.69, 9.17) is 10.6 Å². The summed E-state index contributed by atoms with van der Waals surface area (Å²) in [5.41, 5.74) is 2.49. The molecule has 0 aliphatic carbocycles. The summed E-state index contributed by atoms with van der Waals surface area (Å²) < 4.78 is 8.58. The maximum Gasteiger partial charge on any atom is 0.128 e. The highest BCUT2D eigenvalue weighted by molar-refractivity contribution is 9.10. The Morgan fingerprint density at radius 3 is 3.19 bits per heavy atom. The summed E-state index contributed by atoms with van der Waals surface area (Å²) in [6, 6.07) is 6.16. The minimum Gasteiger partial charge on any atom is -0.493 e. The predicted octanol–water partition coefficient (Wildman–Crippen LogP) is 2.78. The van der Waals surface area contributed by atoms with Gasteiger partial charge in [0, 0.05) is 21.4 Å². The molecule has 5 heteroatoms. The minimum atomic E-state index is 0.725. The highest BCUT2D eigenvalue weighted by atomic mass is 79.9. The maximum atomic E-state index is 5.84. The van der Waals surface area contributed by atoms with Gasteiger partial charge in [-0.3, -0.25) is 5.84 Å². The molecular formula is C11H11BrN2OS. The van der Waals surface area contributed by atoms with Gasteiger partial charge >= 0.3 is 0 Å². The Hall–Kier alpha value is -0.490. The molecule has 1 aromatic rings. The van der Waals surface area contributed by atoms with Gasteiger partial charge in [-0.15, -0.1) is 0 Å². The van der Waals surface area contributed by atoms with E-state index in [-0.39, 0.29) is 0 Å². The van der Waals surface area contributed by atoms with Crippen LogP contribution >= 0.6 is 27.9 Å². The van der Waals surface area contributed by atoms with Gasteiger partial charge in [0.05, 0.1) is 13.2 Å². The average Bonchev–Trinajstić information content (AvgIpc) is 2.52. The lowest BCUT2D eigenvalue weighted by molar-refractivity contribution is 0.325. The van der Waals surface area contributed by atoms with Crippen LogP contribution in [-0.4, -0.2) is 17.6 Å². The van der Waals surface area contributed by atoms with Crippen molar-refractivity contribution in [2.75, 3.05) is 13.2 Å². The van der Waals surface area contributed by atoms with Gasteiger partial charge in [-0.05, 0) is 35.7 Å². The summed E-state index contributed by atoms with van der Waals surface area (Å²) in [5, 5.41) is 0. The lowest BCUT2D eigenvalue weighted by Crippen LogP contribution is -2.21. The Kier molecular flexibility index (Phi) is 2.71. The zero-order valence-corrected chi connectivity index (χ0v) is 11.0. The van der Waals surface area contributed by atoms with Crippen LogP contribution in [0.4, 0.5) is 0 Å². The van der Waals surface area contributed by atoms with Crippen molar-refractivity contribution in [2.24, 2.45) is 5.84 Å². The van der Waals surface area contributed by atoms with Gasteiger partial charge in [0.15, 0.2) is 0 Å². The standard InChI is InChI=1S/C11H11BrN2OS/c12-7-1-2-8-9-6-14(13)16-11(9)3-4-15-10(8)5-7/h1-2,5H,3-4,6,13H2. The summed E-state index contributed by atoms with van der Waals surface area (Å²) >= 11 is 5.09. The number of hydrazine groups is 1. The summed E-state index contributed by atoms with van der Waals surface area (Å²) in [5.74, 6) is 6.79. The van der Waals surface area contributed by atoms with E-state index in [1.165, 1.54) is 16.0 Å². The smallest absolute Gasteiger partial charge is 0.128 e. The molecule has 2 N–H and O–H groups in total. The largest absolute Gasteiger partial charge is 0.493 e. The third-order valence-electron chi connectivity index (χ3n) is 2.73. The number of hydrogen-bond acceptors (Lipinski definition) is 4. The summed E-state index contributed by atoms with van der Waals surface area (Å²) in [6.45, 7) is 1.51. The minimum absolute atomic E-state index is 0.725. The third kappa shape index (κ3) is 1.78. The summed E-state index contributed by atoms with van der Waals surface area (Å²) in [4.78, 5) is 1.34. The predicted molar refractivity (Wildman–Crippen MR) is 69.7 cm³/mol.